The molecular formula is C25H33NO5S. The lowest BCUT2D eigenvalue weighted by Gasteiger charge is -2.27. The van der Waals surface area contributed by atoms with Crippen LogP contribution in [0.15, 0.2) is 40.8 Å². The average Bonchev–Trinajstić information content (AvgIpc) is 3.10. The molecule has 6 nitrogen and oxygen atoms in total. The van der Waals surface area contributed by atoms with Gasteiger partial charge in [-0.1, -0.05) is 39.8 Å². The number of hydrogen-bond donors (Lipinski definition) is 0. The Morgan fingerprint density at radius 1 is 1.16 bits per heavy atom. The molecule has 2 heterocycles. The van der Waals surface area contributed by atoms with Crippen molar-refractivity contribution in [3.05, 3.63) is 53.5 Å². The molecule has 1 aromatic carbocycles. The van der Waals surface area contributed by atoms with Gasteiger partial charge in [-0.25, -0.2) is 8.42 Å². The molecule has 0 bridgehead atoms. The summed E-state index contributed by atoms with van der Waals surface area (Å²) in [5.41, 5.74) is 1.23. The number of nitrogens with zero attached hydrogens (tertiary/aromatic N) is 1. The summed E-state index contributed by atoms with van der Waals surface area (Å²) in [4.78, 5) is 14.7. The maximum atomic E-state index is 13.1. The first kappa shape index (κ1) is 22.9. The molecule has 0 spiro atoms. The van der Waals surface area contributed by atoms with Crippen LogP contribution >= 0.6 is 0 Å². The summed E-state index contributed by atoms with van der Waals surface area (Å²) in [6.45, 7) is 8.74. The van der Waals surface area contributed by atoms with Gasteiger partial charge < -0.3 is 14.1 Å². The Morgan fingerprint density at radius 2 is 1.84 bits per heavy atom. The quantitative estimate of drug-likeness (QED) is 0.617. The topological polar surface area (TPSA) is 76.8 Å². The van der Waals surface area contributed by atoms with Gasteiger partial charge in [0.25, 0.3) is 5.91 Å². The zero-order valence-electron chi connectivity index (χ0n) is 19.3. The minimum Gasteiger partial charge on any atom is -0.484 e. The number of ether oxygens (including phenoxy) is 1. The Hall–Kier alpha value is -2.28. The highest BCUT2D eigenvalue weighted by molar-refractivity contribution is 7.91. The van der Waals surface area contributed by atoms with Crippen LogP contribution in [0.4, 0.5) is 0 Å². The van der Waals surface area contributed by atoms with Gasteiger partial charge in [0.05, 0.1) is 18.1 Å². The SMILES string of the molecule is CC1CC1c1ccc(CN(C(=O)COc2ccc(C(C)(C)C)cc2)C2CCS(=O)(=O)C2)o1. The number of carbonyl (C=O) groups excluding carboxylic acids is 1. The summed E-state index contributed by atoms with van der Waals surface area (Å²) in [5, 5.41) is 0. The molecule has 0 N–H and O–H groups in total. The van der Waals surface area contributed by atoms with E-state index in [-0.39, 0.29) is 42.0 Å². The van der Waals surface area contributed by atoms with Crippen molar-refractivity contribution in [1.82, 2.24) is 4.90 Å². The Kier molecular flexibility index (Phi) is 6.14. The fourth-order valence-corrected chi connectivity index (χ4v) is 6.02. The minimum absolute atomic E-state index is 0.00769. The van der Waals surface area contributed by atoms with Gasteiger partial charge in [-0.15, -0.1) is 0 Å². The predicted octanol–water partition coefficient (Wildman–Crippen LogP) is 4.30. The second-order valence-electron chi connectivity index (χ2n) is 10.3. The number of benzene rings is 1. The molecule has 3 unspecified atom stereocenters. The molecule has 1 aliphatic heterocycles. The van der Waals surface area contributed by atoms with Crippen LogP contribution < -0.4 is 4.74 Å². The van der Waals surface area contributed by atoms with Gasteiger partial charge in [0, 0.05) is 12.0 Å². The molecule has 2 aliphatic rings. The van der Waals surface area contributed by atoms with E-state index >= 15 is 0 Å². The lowest BCUT2D eigenvalue weighted by atomic mass is 9.87. The van der Waals surface area contributed by atoms with Crippen LogP contribution in [-0.2, 0) is 26.6 Å². The number of furan rings is 1. The van der Waals surface area contributed by atoms with Crippen molar-refractivity contribution >= 4 is 15.7 Å². The van der Waals surface area contributed by atoms with Crippen molar-refractivity contribution in [1.29, 1.82) is 0 Å². The van der Waals surface area contributed by atoms with Crippen LogP contribution in [0, 0.1) is 5.92 Å². The van der Waals surface area contributed by atoms with E-state index in [0.717, 1.165) is 12.2 Å². The third-order valence-corrected chi connectivity index (χ3v) is 8.29. The minimum atomic E-state index is -3.12. The lowest BCUT2D eigenvalue weighted by molar-refractivity contribution is -0.136. The van der Waals surface area contributed by atoms with Crippen molar-refractivity contribution in [3.63, 3.8) is 0 Å². The van der Waals surface area contributed by atoms with Crippen LogP contribution in [0.3, 0.4) is 0 Å². The van der Waals surface area contributed by atoms with Crippen LogP contribution in [0.5, 0.6) is 5.75 Å². The molecule has 1 aliphatic carbocycles. The van der Waals surface area contributed by atoms with Gasteiger partial charge in [0.1, 0.15) is 17.3 Å². The number of rotatable bonds is 7. The molecule has 0 radical (unpaired) electrons. The monoisotopic (exact) mass is 459 g/mol. The molecule has 1 aromatic heterocycles. The molecule has 2 fully saturated rings. The fourth-order valence-electron chi connectivity index (χ4n) is 4.29. The first-order valence-corrected chi connectivity index (χ1v) is 13.2. The Balaban J connectivity index is 1.44. The van der Waals surface area contributed by atoms with E-state index in [2.05, 4.69) is 27.7 Å². The summed E-state index contributed by atoms with van der Waals surface area (Å²) in [5.74, 6) is 3.22. The second-order valence-corrected chi connectivity index (χ2v) is 12.5. The summed E-state index contributed by atoms with van der Waals surface area (Å²) >= 11 is 0. The first-order valence-electron chi connectivity index (χ1n) is 11.3. The van der Waals surface area contributed by atoms with E-state index in [1.807, 2.05) is 36.4 Å². The van der Waals surface area contributed by atoms with Crippen LogP contribution in [0.2, 0.25) is 0 Å². The summed E-state index contributed by atoms with van der Waals surface area (Å²) in [6, 6.07) is 11.3. The van der Waals surface area contributed by atoms with Gasteiger partial charge >= 0.3 is 0 Å². The Bertz CT molecular complexity index is 1060. The number of sulfone groups is 1. The van der Waals surface area contributed by atoms with E-state index in [0.29, 0.717) is 29.8 Å². The largest absolute Gasteiger partial charge is 0.484 e. The van der Waals surface area contributed by atoms with Crippen molar-refractivity contribution in [2.45, 2.75) is 64.5 Å². The van der Waals surface area contributed by atoms with Crippen LogP contribution in [-0.4, -0.2) is 43.4 Å². The molecular weight excluding hydrogens is 426 g/mol. The van der Waals surface area contributed by atoms with Crippen LogP contribution in [0.1, 0.15) is 63.5 Å². The smallest absolute Gasteiger partial charge is 0.261 e. The number of carbonyl (C=O) groups is 1. The zero-order valence-corrected chi connectivity index (χ0v) is 20.2. The number of hydrogen-bond acceptors (Lipinski definition) is 5. The summed E-state index contributed by atoms with van der Waals surface area (Å²) in [7, 11) is -3.12. The van der Waals surface area contributed by atoms with Crippen LogP contribution in [0.25, 0.3) is 0 Å². The molecule has 7 heteroatoms. The third-order valence-electron chi connectivity index (χ3n) is 6.54. The van der Waals surface area contributed by atoms with Gasteiger partial charge in [-0.05, 0) is 54.0 Å². The second kappa shape index (κ2) is 8.58. The van der Waals surface area contributed by atoms with Crippen molar-refractivity contribution in [2.24, 2.45) is 5.92 Å². The molecule has 1 amide bonds. The van der Waals surface area contributed by atoms with E-state index in [9.17, 15) is 13.2 Å². The fraction of sp³-hybridized carbons (Fsp3) is 0.560. The average molecular weight is 460 g/mol. The first-order chi connectivity index (χ1) is 15.0. The van der Waals surface area contributed by atoms with Gasteiger partial charge in [-0.2, -0.15) is 0 Å². The molecule has 174 valence electrons. The number of amides is 1. The molecule has 1 saturated carbocycles. The highest BCUT2D eigenvalue weighted by atomic mass is 32.2. The Morgan fingerprint density at radius 3 is 2.41 bits per heavy atom. The van der Waals surface area contributed by atoms with Crippen molar-refractivity contribution in [2.75, 3.05) is 18.1 Å². The molecule has 2 aromatic rings. The standard InChI is InChI=1S/C25H33NO5S/c1-17-13-22(17)23-10-9-21(31-23)14-26(19-11-12-32(28,29)16-19)24(27)15-30-20-7-5-18(6-8-20)25(2,3)4/h5-10,17,19,22H,11-16H2,1-4H3. The van der Waals surface area contributed by atoms with E-state index in [1.54, 1.807) is 4.90 Å². The molecule has 4 rings (SSSR count). The highest BCUT2D eigenvalue weighted by Crippen LogP contribution is 2.47. The Labute approximate surface area is 190 Å². The molecule has 1 saturated heterocycles. The summed E-state index contributed by atoms with van der Waals surface area (Å²) in [6.07, 6.45) is 1.57. The van der Waals surface area contributed by atoms with Crippen molar-refractivity contribution in [3.8, 4) is 5.75 Å². The maximum absolute atomic E-state index is 13.1. The van der Waals surface area contributed by atoms with Gasteiger partial charge in [-0.3, -0.25) is 4.79 Å². The van der Waals surface area contributed by atoms with E-state index in [1.165, 1.54) is 5.56 Å². The van der Waals surface area contributed by atoms with E-state index in [4.69, 9.17) is 9.15 Å². The molecule has 3 atom stereocenters. The normalized spacial score (nSPS) is 24.3. The maximum Gasteiger partial charge on any atom is 0.261 e. The zero-order chi connectivity index (χ0) is 23.1. The van der Waals surface area contributed by atoms with Crippen molar-refractivity contribution < 1.29 is 22.4 Å². The van der Waals surface area contributed by atoms with Gasteiger partial charge in [0.15, 0.2) is 16.4 Å². The van der Waals surface area contributed by atoms with E-state index < -0.39 is 9.84 Å². The highest BCUT2D eigenvalue weighted by Gasteiger charge is 2.38. The lowest BCUT2D eigenvalue weighted by Crippen LogP contribution is -2.43. The summed E-state index contributed by atoms with van der Waals surface area (Å²) < 4.78 is 35.9. The predicted molar refractivity (Wildman–Crippen MR) is 123 cm³/mol. The van der Waals surface area contributed by atoms with Gasteiger partial charge in [0.2, 0.25) is 0 Å². The third kappa shape index (κ3) is 5.37. The molecule has 32 heavy (non-hydrogen) atoms.